The number of hydrogen-bond acceptors (Lipinski definition) is 23. The van der Waals surface area contributed by atoms with Crippen LogP contribution in [0.5, 0.6) is 0 Å². The third-order valence-electron chi connectivity index (χ3n) is 16.5. The first kappa shape index (κ1) is 60.1. The minimum Gasteiger partial charge on any atom is -0.456 e. The average molecular weight is 1130 g/mol. The van der Waals surface area contributed by atoms with E-state index < -0.39 is 181 Å². The van der Waals surface area contributed by atoms with Crippen LogP contribution in [0.3, 0.4) is 0 Å². The standard InChI is InChI=1S/C57H66N2O22/c1-27-34(24-57(73)48(80-50(69)32-20-14-9-15-21-32)46-55(6,36(63)23-37-56(46,26-74-37)81-29(3)62)47(67)43(75-28(2)61)39(27)54(57,4)5)76-53(72)44(40(30-16-10-7-11-17-30)59-49(68)31-18-12-8-13-19-31)79-51(70)33(58)22-38(64)78-45-41(65)35(25-60)77-52(71)42(45)66/h7-21,33-37,40-46,48,52,60,63,65-66,71,73H,22-26,58H2,1-6H3,(H,59,68)/t33?,34-,35+,36-,37+,40-,41+,42+,43+,44+,45-,46?,48-,52?,55+,56-,57+/m0/s1. The number of rotatable bonds is 16. The predicted molar refractivity (Wildman–Crippen MR) is 274 cm³/mol. The van der Waals surface area contributed by atoms with Gasteiger partial charge in [-0.15, -0.1) is 0 Å². The fourth-order valence-corrected chi connectivity index (χ4v) is 12.2. The summed E-state index contributed by atoms with van der Waals surface area (Å²) in [6.07, 6.45) is -22.2. The molecule has 2 heterocycles. The van der Waals surface area contributed by atoms with Gasteiger partial charge in [-0.2, -0.15) is 0 Å². The second-order valence-electron chi connectivity index (χ2n) is 21.8. The quantitative estimate of drug-likeness (QED) is 0.0545. The number of fused-ring (bicyclic) bond motifs is 5. The summed E-state index contributed by atoms with van der Waals surface area (Å²) in [7, 11) is 0. The van der Waals surface area contributed by atoms with E-state index in [1.165, 1.54) is 64.1 Å². The zero-order valence-electron chi connectivity index (χ0n) is 45.1. The van der Waals surface area contributed by atoms with Crippen LogP contribution >= 0.6 is 0 Å². The first-order chi connectivity index (χ1) is 38.2. The second-order valence-corrected chi connectivity index (χ2v) is 21.8. The highest BCUT2D eigenvalue weighted by Crippen LogP contribution is 2.64. The molecule has 2 bridgehead atoms. The molecular weight excluding hydrogens is 1060 g/mol. The van der Waals surface area contributed by atoms with Crippen molar-refractivity contribution in [3.05, 3.63) is 119 Å². The first-order valence-corrected chi connectivity index (χ1v) is 26.2. The van der Waals surface area contributed by atoms with Crippen molar-refractivity contribution in [1.82, 2.24) is 5.32 Å². The molecule has 4 fully saturated rings. The van der Waals surface area contributed by atoms with Gasteiger partial charge in [-0.1, -0.05) is 80.6 Å². The molecule has 2 aliphatic heterocycles. The van der Waals surface area contributed by atoms with Gasteiger partial charge in [-0.05, 0) is 54.8 Å². The number of amides is 1. The number of Topliss-reactive ketones (excluding diaryl/α,β-unsaturated/α-hetero) is 1. The van der Waals surface area contributed by atoms with Gasteiger partial charge < -0.3 is 79.6 Å². The number of ketones is 1. The molecule has 5 aliphatic rings. The normalized spacial score (nSPS) is 33.1. The van der Waals surface area contributed by atoms with Gasteiger partial charge in [0, 0.05) is 37.7 Å². The predicted octanol–water partition coefficient (Wildman–Crippen LogP) is 0.347. The molecule has 3 unspecified atom stereocenters. The average Bonchev–Trinajstić information content (AvgIpc) is 2.31. The Hall–Kier alpha value is -7.00. The van der Waals surface area contributed by atoms with E-state index in [9.17, 15) is 59.4 Å². The Morgan fingerprint density at radius 3 is 1.96 bits per heavy atom. The van der Waals surface area contributed by atoms with Crippen molar-refractivity contribution in [2.75, 3.05) is 13.2 Å². The third-order valence-corrected chi connectivity index (χ3v) is 16.5. The molecule has 24 nitrogen and oxygen atoms in total. The van der Waals surface area contributed by atoms with Crippen molar-refractivity contribution in [2.45, 2.75) is 151 Å². The number of esters is 6. The minimum atomic E-state index is -2.60. The molecule has 9 N–H and O–H groups in total. The van der Waals surface area contributed by atoms with Gasteiger partial charge in [0.05, 0.1) is 42.6 Å². The van der Waals surface area contributed by atoms with Crippen molar-refractivity contribution in [1.29, 1.82) is 0 Å². The summed E-state index contributed by atoms with van der Waals surface area (Å²) in [5.74, 6) is -10.6. The Morgan fingerprint density at radius 1 is 0.790 bits per heavy atom. The third kappa shape index (κ3) is 11.1. The van der Waals surface area contributed by atoms with Crippen molar-refractivity contribution in [3.8, 4) is 0 Å². The van der Waals surface area contributed by atoms with Crippen molar-refractivity contribution in [2.24, 2.45) is 22.5 Å². The van der Waals surface area contributed by atoms with E-state index >= 15 is 9.59 Å². The topological polar surface area (TPSA) is 370 Å². The maximum Gasteiger partial charge on any atom is 0.350 e. The van der Waals surface area contributed by atoms with E-state index in [4.69, 9.17) is 43.6 Å². The number of nitrogens with two attached hydrogens (primary N) is 1. The SMILES string of the molecule is CC(=O)O[C@H]1C(=O)[C@@]2(C)C([C@H](OC(=O)c3ccccc3)[C@]3(O)C[C@H](OC(=O)[C@H](OC(=O)C(N)CC(=O)O[C@H]4[C@H](O)[C@@H](CO)OC(O)[C@@H]4O)[C@@H](NC(=O)c4ccccc4)c4ccccc4)C(C)=C1C3(C)C)[C@]1(OC(C)=O)CO[C@@H]1C[C@@H]2O. The van der Waals surface area contributed by atoms with Gasteiger partial charge in [-0.25, -0.2) is 9.59 Å². The molecule has 436 valence electrons. The number of carbonyl (C=O) groups is 8. The van der Waals surface area contributed by atoms with Gasteiger partial charge >= 0.3 is 35.8 Å². The lowest BCUT2D eigenvalue weighted by Gasteiger charge is -2.67. The number of hydrogen-bond donors (Lipinski definition) is 8. The zero-order chi connectivity index (χ0) is 59.1. The zero-order valence-corrected chi connectivity index (χ0v) is 45.1. The summed E-state index contributed by atoms with van der Waals surface area (Å²) in [6, 6.07) is 19.2. The molecule has 2 saturated heterocycles. The number of carbonyl (C=O) groups excluding carboxylic acids is 8. The van der Waals surface area contributed by atoms with E-state index in [2.05, 4.69) is 5.32 Å². The lowest BCUT2D eigenvalue weighted by molar-refractivity contribution is -0.346. The number of benzene rings is 3. The number of nitrogens with one attached hydrogen (secondary N) is 1. The molecule has 24 heteroatoms. The largest absolute Gasteiger partial charge is 0.456 e. The summed E-state index contributed by atoms with van der Waals surface area (Å²) in [5, 5.41) is 69.9. The molecule has 1 amide bonds. The van der Waals surface area contributed by atoms with E-state index in [1.54, 1.807) is 54.6 Å². The monoisotopic (exact) mass is 1130 g/mol. The van der Waals surface area contributed by atoms with Crippen LogP contribution in [0.1, 0.15) is 93.1 Å². The highest BCUT2D eigenvalue weighted by atomic mass is 16.7. The van der Waals surface area contributed by atoms with Crippen LogP contribution in [0.4, 0.5) is 0 Å². The van der Waals surface area contributed by atoms with Crippen molar-refractivity contribution >= 4 is 47.5 Å². The van der Waals surface area contributed by atoms with Gasteiger partial charge in [-0.3, -0.25) is 28.8 Å². The van der Waals surface area contributed by atoms with Crippen LogP contribution in [0.15, 0.2) is 102 Å². The Morgan fingerprint density at radius 2 is 1.40 bits per heavy atom. The summed E-state index contributed by atoms with van der Waals surface area (Å²) in [4.78, 5) is 114. The molecule has 3 aromatic rings. The molecule has 0 spiro atoms. The summed E-state index contributed by atoms with van der Waals surface area (Å²) in [6.45, 7) is 6.55. The maximum atomic E-state index is 15.8. The van der Waals surface area contributed by atoms with E-state index in [0.717, 1.165) is 13.8 Å². The second kappa shape index (κ2) is 23.5. The first-order valence-electron chi connectivity index (χ1n) is 26.2. The molecule has 3 aromatic carbocycles. The summed E-state index contributed by atoms with van der Waals surface area (Å²) < 4.78 is 46.7. The molecule has 8 rings (SSSR count). The van der Waals surface area contributed by atoms with Gasteiger partial charge in [0.25, 0.3) is 5.91 Å². The van der Waals surface area contributed by atoms with Crippen molar-refractivity contribution in [3.63, 3.8) is 0 Å². The van der Waals surface area contributed by atoms with Gasteiger partial charge in [0.2, 0.25) is 6.10 Å². The fraction of sp³-hybridized carbons (Fsp3) is 0.509. The highest BCUT2D eigenvalue weighted by molar-refractivity contribution is 5.97. The number of aliphatic hydroxyl groups excluding tert-OH is 5. The Balaban J connectivity index is 1.24. The van der Waals surface area contributed by atoms with Crippen LogP contribution in [-0.2, 0) is 66.7 Å². The molecule has 3 aliphatic carbocycles. The van der Waals surface area contributed by atoms with Crippen LogP contribution in [0, 0.1) is 16.7 Å². The van der Waals surface area contributed by atoms with Crippen molar-refractivity contribution < 1.29 is 107 Å². The fourth-order valence-electron chi connectivity index (χ4n) is 12.2. The maximum absolute atomic E-state index is 15.8. The summed E-state index contributed by atoms with van der Waals surface area (Å²) in [5.41, 5.74) is -2.25. The lowest BCUT2D eigenvalue weighted by atomic mass is 9.44. The van der Waals surface area contributed by atoms with E-state index in [-0.39, 0.29) is 34.3 Å². The number of ether oxygens (including phenoxy) is 8. The lowest BCUT2D eigenvalue weighted by Crippen LogP contribution is -2.82. The molecule has 0 radical (unpaired) electrons. The highest BCUT2D eigenvalue weighted by Gasteiger charge is 2.78. The molecule has 17 atom stereocenters. The Kier molecular flexibility index (Phi) is 17.4. The van der Waals surface area contributed by atoms with Crippen LogP contribution in [-0.4, -0.2) is 176 Å². The number of aliphatic hydroxyl groups is 6. The molecular formula is C57H66N2O22. The van der Waals surface area contributed by atoms with Crippen LogP contribution < -0.4 is 11.1 Å². The minimum absolute atomic E-state index is 0.00203. The van der Waals surface area contributed by atoms with E-state index in [0.29, 0.717) is 0 Å². The Labute approximate surface area is 464 Å². The molecule has 81 heavy (non-hydrogen) atoms. The Bertz CT molecular complexity index is 2920. The van der Waals surface area contributed by atoms with E-state index in [1.807, 2.05) is 0 Å². The van der Waals surface area contributed by atoms with Gasteiger partial charge in [0.1, 0.15) is 54.3 Å². The smallest absolute Gasteiger partial charge is 0.350 e. The van der Waals surface area contributed by atoms with Crippen LogP contribution in [0.25, 0.3) is 0 Å². The summed E-state index contributed by atoms with van der Waals surface area (Å²) >= 11 is 0. The van der Waals surface area contributed by atoms with Gasteiger partial charge in [0.15, 0.2) is 29.9 Å². The molecule has 2 saturated carbocycles. The van der Waals surface area contributed by atoms with Crippen LogP contribution in [0.2, 0.25) is 0 Å². The molecule has 0 aromatic heterocycles.